The van der Waals surface area contributed by atoms with E-state index in [2.05, 4.69) is 0 Å². The van der Waals surface area contributed by atoms with Gasteiger partial charge in [-0.25, -0.2) is 0 Å². The van der Waals surface area contributed by atoms with E-state index in [1.807, 2.05) is 6.92 Å². The fraction of sp³-hybridized carbons (Fsp3) is 0.833. The minimum atomic E-state index is -5.03. The summed E-state index contributed by atoms with van der Waals surface area (Å²) < 4.78 is 29.5. The molecule has 0 aliphatic carbocycles. The van der Waals surface area contributed by atoms with Gasteiger partial charge in [-0.2, -0.15) is 8.42 Å². The fourth-order valence-electron chi connectivity index (χ4n) is 2.20. The molecule has 0 spiro atoms. The van der Waals surface area contributed by atoms with E-state index in [4.69, 9.17) is 5.11 Å². The number of carbonyl (C=O) groups is 2. The van der Waals surface area contributed by atoms with Gasteiger partial charge in [-0.1, -0.05) is 39.5 Å². The molecule has 0 bridgehead atoms. The Labute approximate surface area is 137 Å². The summed E-state index contributed by atoms with van der Waals surface area (Å²) in [5.41, 5.74) is 0. The van der Waals surface area contributed by atoms with Gasteiger partial charge in [0.15, 0.2) is 0 Å². The van der Waals surface area contributed by atoms with Crippen LogP contribution in [0.4, 0.5) is 0 Å². The van der Waals surface area contributed by atoms with Crippen molar-refractivity contribution in [3.05, 3.63) is 0 Å². The summed E-state index contributed by atoms with van der Waals surface area (Å²) in [5.74, 6) is -3.67. The summed E-state index contributed by atoms with van der Waals surface area (Å²) in [5, 5.41) is 18.0. The van der Waals surface area contributed by atoms with E-state index >= 15 is 0 Å². The van der Waals surface area contributed by atoms with Crippen LogP contribution < -0.4 is 0 Å². The molecule has 7 nitrogen and oxygen atoms in total. The summed E-state index contributed by atoms with van der Waals surface area (Å²) in [7, 11) is -5.03. The molecule has 2 unspecified atom stereocenters. The van der Waals surface area contributed by atoms with Crippen LogP contribution in [0.3, 0.4) is 0 Å². The average molecular weight is 318 g/mol. The first-order valence-corrected chi connectivity index (χ1v) is 7.97. The zero-order chi connectivity index (χ0) is 16.0. The molecule has 0 saturated heterocycles. The summed E-state index contributed by atoms with van der Waals surface area (Å²) in [6, 6.07) is 0. The zero-order valence-electron chi connectivity index (χ0n) is 11.7. The van der Waals surface area contributed by atoms with Gasteiger partial charge in [-0.3, -0.25) is 14.1 Å². The number of carboxylic acid groups (broad SMARTS) is 2. The van der Waals surface area contributed by atoms with E-state index in [1.54, 1.807) is 6.92 Å². The molecule has 0 saturated carbocycles. The molecule has 0 amide bonds. The molecular formula is C12H23LiO7S. The number of aliphatic carboxylic acids is 2. The molecule has 0 aromatic heterocycles. The minimum absolute atomic E-state index is 0. The first-order chi connectivity index (χ1) is 9.10. The van der Waals surface area contributed by atoms with Crippen LogP contribution in [-0.4, -0.2) is 58.7 Å². The molecular weight excluding hydrogens is 295 g/mol. The van der Waals surface area contributed by atoms with E-state index < -0.39 is 39.6 Å². The van der Waals surface area contributed by atoms with Crippen molar-refractivity contribution in [2.75, 3.05) is 0 Å². The third-order valence-corrected chi connectivity index (χ3v) is 4.96. The SMILES string of the molecule is CCCCC(CC)CC(CC(=O)O)(C(=O)O)S(=O)(=O)O.[LiH]. The quantitative estimate of drug-likeness (QED) is 0.406. The number of rotatable bonds is 10. The topological polar surface area (TPSA) is 129 Å². The Balaban J connectivity index is 0. The third kappa shape index (κ3) is 6.39. The molecule has 0 rings (SSSR count). The van der Waals surface area contributed by atoms with Gasteiger partial charge in [0.05, 0.1) is 6.42 Å². The average Bonchev–Trinajstić information content (AvgIpc) is 2.30. The van der Waals surface area contributed by atoms with Crippen molar-refractivity contribution in [1.29, 1.82) is 0 Å². The number of carboxylic acids is 2. The standard InChI is InChI=1S/C12H22O7S.Li.H/c1-3-5-6-9(4-2)7-12(11(15)16,8-10(13)14)20(17,18)19;;/h9H,3-8H2,1-2H3,(H,13,14)(H,15,16)(H,17,18,19);;. The van der Waals surface area contributed by atoms with Crippen LogP contribution in [0.1, 0.15) is 52.4 Å². The molecule has 9 heteroatoms. The van der Waals surface area contributed by atoms with Crippen LogP contribution in [0.2, 0.25) is 0 Å². The summed E-state index contributed by atoms with van der Waals surface area (Å²) in [6.45, 7) is 3.72. The molecule has 0 aromatic carbocycles. The first kappa shape index (κ1) is 22.7. The Morgan fingerprint density at radius 2 is 1.71 bits per heavy atom. The summed E-state index contributed by atoms with van der Waals surface area (Å²) in [4.78, 5) is 22.1. The second-order valence-corrected chi connectivity index (χ2v) is 6.70. The number of hydrogen-bond acceptors (Lipinski definition) is 4. The van der Waals surface area contributed by atoms with E-state index in [-0.39, 0.29) is 24.8 Å². The molecule has 120 valence electrons. The van der Waals surface area contributed by atoms with E-state index in [0.717, 1.165) is 12.8 Å². The normalized spacial score (nSPS) is 15.6. The molecule has 0 aromatic rings. The van der Waals surface area contributed by atoms with Crippen molar-refractivity contribution in [3.8, 4) is 0 Å². The van der Waals surface area contributed by atoms with Crippen molar-refractivity contribution in [1.82, 2.24) is 0 Å². The van der Waals surface area contributed by atoms with Crippen molar-refractivity contribution in [2.45, 2.75) is 57.1 Å². The predicted molar refractivity (Wildman–Crippen MR) is 79.2 cm³/mol. The zero-order valence-corrected chi connectivity index (χ0v) is 12.5. The van der Waals surface area contributed by atoms with Gasteiger partial charge in [0.2, 0.25) is 4.75 Å². The Hall–Kier alpha value is -0.553. The van der Waals surface area contributed by atoms with Crippen LogP contribution in [0, 0.1) is 5.92 Å². The van der Waals surface area contributed by atoms with Gasteiger partial charge in [-0.05, 0) is 12.3 Å². The fourth-order valence-corrected chi connectivity index (χ4v) is 3.17. The monoisotopic (exact) mass is 318 g/mol. The second kappa shape index (κ2) is 9.46. The van der Waals surface area contributed by atoms with Crippen molar-refractivity contribution >= 4 is 40.9 Å². The van der Waals surface area contributed by atoms with Gasteiger partial charge in [0, 0.05) is 0 Å². The van der Waals surface area contributed by atoms with Crippen LogP contribution in [0.5, 0.6) is 0 Å². The Morgan fingerprint density at radius 3 is 2.00 bits per heavy atom. The third-order valence-electron chi connectivity index (χ3n) is 3.48. The van der Waals surface area contributed by atoms with Gasteiger partial charge < -0.3 is 10.2 Å². The molecule has 3 N–H and O–H groups in total. The predicted octanol–water partition coefficient (Wildman–Crippen LogP) is 1.13. The molecule has 21 heavy (non-hydrogen) atoms. The number of hydrogen-bond donors (Lipinski definition) is 3. The van der Waals surface area contributed by atoms with Crippen molar-refractivity contribution in [2.24, 2.45) is 5.92 Å². The molecule has 0 fully saturated rings. The molecule has 0 radical (unpaired) electrons. The van der Waals surface area contributed by atoms with Crippen LogP contribution in [0.15, 0.2) is 0 Å². The van der Waals surface area contributed by atoms with Crippen molar-refractivity contribution in [3.63, 3.8) is 0 Å². The molecule has 2 atom stereocenters. The molecule has 0 aliphatic rings. The van der Waals surface area contributed by atoms with Crippen molar-refractivity contribution < 1.29 is 32.8 Å². The van der Waals surface area contributed by atoms with Gasteiger partial charge in [-0.15, -0.1) is 0 Å². The first-order valence-electron chi connectivity index (χ1n) is 6.53. The van der Waals surface area contributed by atoms with Gasteiger partial charge in [0.25, 0.3) is 10.1 Å². The van der Waals surface area contributed by atoms with E-state index in [1.165, 1.54) is 0 Å². The van der Waals surface area contributed by atoms with Gasteiger partial charge >= 0.3 is 30.8 Å². The summed E-state index contributed by atoms with van der Waals surface area (Å²) >= 11 is 0. The summed E-state index contributed by atoms with van der Waals surface area (Å²) in [6.07, 6.45) is 1.21. The molecule has 0 aliphatic heterocycles. The number of unbranched alkanes of at least 4 members (excludes halogenated alkanes) is 1. The Bertz CT molecular complexity index is 449. The van der Waals surface area contributed by atoms with Crippen LogP contribution in [0.25, 0.3) is 0 Å². The maximum absolute atomic E-state index is 11.5. The van der Waals surface area contributed by atoms with E-state index in [0.29, 0.717) is 12.8 Å². The Kier molecular flexibility index (Phi) is 10.2. The maximum atomic E-state index is 11.5. The van der Waals surface area contributed by atoms with Crippen LogP contribution in [-0.2, 0) is 19.7 Å². The second-order valence-electron chi connectivity index (χ2n) is 4.97. The van der Waals surface area contributed by atoms with Crippen LogP contribution >= 0.6 is 0 Å². The Morgan fingerprint density at radius 1 is 1.19 bits per heavy atom. The molecule has 0 heterocycles. The van der Waals surface area contributed by atoms with E-state index in [9.17, 15) is 27.7 Å². The van der Waals surface area contributed by atoms with Gasteiger partial charge in [0.1, 0.15) is 0 Å².